The smallest absolute Gasteiger partial charge is 0.307 e. The highest BCUT2D eigenvalue weighted by atomic mass is 32.1. The first kappa shape index (κ1) is 17.0. The van der Waals surface area contributed by atoms with Crippen molar-refractivity contribution in [2.24, 2.45) is 5.73 Å². The van der Waals surface area contributed by atoms with Crippen molar-refractivity contribution < 1.29 is 18.7 Å². The number of hydrogen-bond acceptors (Lipinski definition) is 6. The van der Waals surface area contributed by atoms with E-state index in [0.29, 0.717) is 10.8 Å². The fourth-order valence-corrected chi connectivity index (χ4v) is 2.72. The summed E-state index contributed by atoms with van der Waals surface area (Å²) < 4.78 is 17.4. The Bertz CT molecular complexity index is 715. The molecule has 0 radical (unpaired) electrons. The Morgan fingerprint density at radius 3 is 2.65 bits per heavy atom. The van der Waals surface area contributed by atoms with Crippen molar-refractivity contribution >= 4 is 28.3 Å². The molecule has 0 saturated carbocycles. The van der Waals surface area contributed by atoms with Gasteiger partial charge in [0, 0.05) is 10.4 Å². The molecule has 0 unspecified atom stereocenters. The molecule has 8 heteroatoms. The number of aromatic nitrogens is 1. The maximum absolute atomic E-state index is 13.0. The molecule has 6 nitrogen and oxygen atoms in total. The second-order valence-corrected chi connectivity index (χ2v) is 6.01. The number of esters is 1. The van der Waals surface area contributed by atoms with Crippen molar-refractivity contribution in [3.63, 3.8) is 0 Å². The number of benzene rings is 1. The van der Waals surface area contributed by atoms with E-state index in [1.165, 1.54) is 30.6 Å². The third kappa shape index (κ3) is 4.33. The fourth-order valence-electron chi connectivity index (χ4n) is 1.88. The lowest BCUT2D eigenvalue weighted by molar-refractivity contribution is -0.142. The standard InChI is InChI=1S/C15H16FN3O3S/c1-8-13(9-3-5-10(16)6-4-9)18-15(23-8)19-14(21)11(17)7-12(20)22-2/h3-6,11H,7,17H2,1-2H3,(H,18,19,21)/t11-/m0/s1. The molecule has 1 aromatic carbocycles. The van der Waals surface area contributed by atoms with Gasteiger partial charge < -0.3 is 15.8 Å². The Kier molecular flexibility index (Phi) is 5.41. The number of anilines is 1. The number of ether oxygens (including phenoxy) is 1. The molecule has 0 spiro atoms. The highest BCUT2D eigenvalue weighted by molar-refractivity contribution is 7.16. The molecule has 0 saturated heterocycles. The van der Waals surface area contributed by atoms with Gasteiger partial charge in [0.2, 0.25) is 5.91 Å². The Balaban J connectivity index is 2.10. The van der Waals surface area contributed by atoms with Crippen LogP contribution < -0.4 is 11.1 Å². The van der Waals surface area contributed by atoms with E-state index in [0.717, 1.165) is 10.4 Å². The monoisotopic (exact) mass is 337 g/mol. The van der Waals surface area contributed by atoms with Crippen molar-refractivity contribution in [1.82, 2.24) is 4.98 Å². The van der Waals surface area contributed by atoms with Crippen LogP contribution >= 0.6 is 11.3 Å². The summed E-state index contributed by atoms with van der Waals surface area (Å²) in [6.07, 6.45) is -0.211. The Morgan fingerprint density at radius 2 is 2.04 bits per heavy atom. The summed E-state index contributed by atoms with van der Waals surface area (Å²) in [5.74, 6) is -1.41. The largest absolute Gasteiger partial charge is 0.469 e. The minimum absolute atomic E-state index is 0.211. The second-order valence-electron chi connectivity index (χ2n) is 4.81. The van der Waals surface area contributed by atoms with Crippen molar-refractivity contribution in [3.8, 4) is 11.3 Å². The Hall–Kier alpha value is -2.32. The van der Waals surface area contributed by atoms with E-state index in [9.17, 15) is 14.0 Å². The van der Waals surface area contributed by atoms with Gasteiger partial charge >= 0.3 is 5.97 Å². The molecular formula is C15H16FN3O3S. The third-order valence-electron chi connectivity index (χ3n) is 3.10. The van der Waals surface area contributed by atoms with Gasteiger partial charge in [-0.3, -0.25) is 9.59 Å². The maximum atomic E-state index is 13.0. The lowest BCUT2D eigenvalue weighted by Gasteiger charge is -2.08. The topological polar surface area (TPSA) is 94.3 Å². The molecule has 0 aliphatic rings. The molecule has 0 aliphatic carbocycles. The van der Waals surface area contributed by atoms with E-state index in [-0.39, 0.29) is 12.2 Å². The second kappa shape index (κ2) is 7.30. The zero-order chi connectivity index (χ0) is 17.0. The molecule has 1 heterocycles. The molecule has 2 rings (SSSR count). The van der Waals surface area contributed by atoms with Crippen LogP contribution in [-0.2, 0) is 14.3 Å². The number of methoxy groups -OCH3 is 1. The normalized spacial score (nSPS) is 11.8. The third-order valence-corrected chi connectivity index (χ3v) is 3.98. The van der Waals surface area contributed by atoms with Gasteiger partial charge in [-0.1, -0.05) is 0 Å². The first-order chi connectivity index (χ1) is 10.9. The summed E-state index contributed by atoms with van der Waals surface area (Å²) in [5, 5.41) is 2.94. The summed E-state index contributed by atoms with van der Waals surface area (Å²) in [7, 11) is 1.23. The van der Waals surface area contributed by atoms with Crippen molar-refractivity contribution in [2.75, 3.05) is 12.4 Å². The molecular weight excluding hydrogens is 321 g/mol. The zero-order valence-corrected chi connectivity index (χ0v) is 13.4. The van der Waals surface area contributed by atoms with Gasteiger partial charge in [0.25, 0.3) is 0 Å². The predicted molar refractivity (Wildman–Crippen MR) is 85.5 cm³/mol. The number of nitrogens with two attached hydrogens (primary N) is 1. The van der Waals surface area contributed by atoms with Crippen molar-refractivity contribution in [1.29, 1.82) is 0 Å². The number of nitrogens with zero attached hydrogens (tertiary/aromatic N) is 1. The molecule has 0 aliphatic heterocycles. The zero-order valence-electron chi connectivity index (χ0n) is 12.6. The van der Waals surface area contributed by atoms with Crippen LogP contribution in [0.4, 0.5) is 9.52 Å². The summed E-state index contributed by atoms with van der Waals surface area (Å²) in [6, 6.07) is 4.91. The van der Waals surface area contributed by atoms with Gasteiger partial charge in [0.15, 0.2) is 5.13 Å². The molecule has 122 valence electrons. The first-order valence-electron chi connectivity index (χ1n) is 6.77. The van der Waals surface area contributed by atoms with Crippen LogP contribution in [-0.4, -0.2) is 30.0 Å². The van der Waals surface area contributed by atoms with E-state index >= 15 is 0 Å². The summed E-state index contributed by atoms with van der Waals surface area (Å²) >= 11 is 1.28. The molecule has 0 fully saturated rings. The van der Waals surface area contributed by atoms with Gasteiger partial charge in [-0.2, -0.15) is 0 Å². The van der Waals surface area contributed by atoms with E-state index < -0.39 is 17.9 Å². The van der Waals surface area contributed by atoms with E-state index in [2.05, 4.69) is 15.0 Å². The van der Waals surface area contributed by atoms with Crippen LogP contribution in [0.1, 0.15) is 11.3 Å². The van der Waals surface area contributed by atoms with Crippen LogP contribution in [0.3, 0.4) is 0 Å². The quantitative estimate of drug-likeness (QED) is 0.815. The molecule has 0 bridgehead atoms. The Labute approximate surface area is 136 Å². The molecule has 23 heavy (non-hydrogen) atoms. The van der Waals surface area contributed by atoms with Crippen LogP contribution in [0, 0.1) is 12.7 Å². The summed E-state index contributed by atoms with van der Waals surface area (Å²) in [4.78, 5) is 28.3. The molecule has 3 N–H and O–H groups in total. The van der Waals surface area contributed by atoms with Crippen LogP contribution in [0.5, 0.6) is 0 Å². The maximum Gasteiger partial charge on any atom is 0.307 e. The molecule has 1 amide bonds. The first-order valence-corrected chi connectivity index (χ1v) is 7.59. The number of rotatable bonds is 5. The minimum atomic E-state index is -1.01. The van der Waals surface area contributed by atoms with Crippen LogP contribution in [0.15, 0.2) is 24.3 Å². The molecule has 2 aromatic rings. The number of carbonyl (C=O) groups excluding carboxylic acids is 2. The van der Waals surface area contributed by atoms with Crippen LogP contribution in [0.25, 0.3) is 11.3 Å². The fraction of sp³-hybridized carbons (Fsp3) is 0.267. The number of amides is 1. The van der Waals surface area contributed by atoms with Gasteiger partial charge in [-0.25, -0.2) is 9.37 Å². The van der Waals surface area contributed by atoms with E-state index in [1.54, 1.807) is 12.1 Å². The van der Waals surface area contributed by atoms with Gasteiger partial charge in [0.05, 0.1) is 25.3 Å². The number of carbonyl (C=O) groups is 2. The lowest BCUT2D eigenvalue weighted by atomic mass is 10.1. The molecule has 1 atom stereocenters. The van der Waals surface area contributed by atoms with Crippen molar-refractivity contribution in [2.45, 2.75) is 19.4 Å². The van der Waals surface area contributed by atoms with Crippen LogP contribution in [0.2, 0.25) is 0 Å². The highest BCUT2D eigenvalue weighted by Gasteiger charge is 2.20. The minimum Gasteiger partial charge on any atom is -0.469 e. The van der Waals surface area contributed by atoms with Gasteiger partial charge in [-0.15, -0.1) is 11.3 Å². The van der Waals surface area contributed by atoms with E-state index in [4.69, 9.17) is 5.73 Å². The average molecular weight is 337 g/mol. The van der Waals surface area contributed by atoms with E-state index in [1.807, 2.05) is 6.92 Å². The van der Waals surface area contributed by atoms with Gasteiger partial charge in [-0.05, 0) is 31.2 Å². The number of thiazole rings is 1. The predicted octanol–water partition coefficient (Wildman–Crippen LogP) is 2.09. The average Bonchev–Trinajstić information content (AvgIpc) is 2.88. The highest BCUT2D eigenvalue weighted by Crippen LogP contribution is 2.30. The number of halogens is 1. The summed E-state index contributed by atoms with van der Waals surface area (Å²) in [6.45, 7) is 1.85. The summed E-state index contributed by atoms with van der Waals surface area (Å²) in [5.41, 5.74) is 7.05. The number of hydrogen-bond donors (Lipinski definition) is 2. The van der Waals surface area contributed by atoms with Gasteiger partial charge in [0.1, 0.15) is 5.82 Å². The SMILES string of the molecule is COC(=O)C[C@H](N)C(=O)Nc1nc(-c2ccc(F)cc2)c(C)s1. The van der Waals surface area contributed by atoms with Crippen molar-refractivity contribution in [3.05, 3.63) is 35.0 Å². The lowest BCUT2D eigenvalue weighted by Crippen LogP contribution is -2.37. The number of aryl methyl sites for hydroxylation is 1. The molecule has 1 aromatic heterocycles. The Morgan fingerprint density at radius 1 is 1.39 bits per heavy atom. The number of nitrogens with one attached hydrogen (secondary N) is 1.